The summed E-state index contributed by atoms with van der Waals surface area (Å²) in [6.07, 6.45) is 56.7. The van der Waals surface area contributed by atoms with Gasteiger partial charge >= 0.3 is 11.9 Å². The molecule has 60 heavy (non-hydrogen) atoms. The molecule has 7 nitrogen and oxygen atoms in total. The van der Waals surface area contributed by atoms with Crippen LogP contribution < -0.4 is 11.1 Å². The number of aliphatic carboxylic acids is 1. The summed E-state index contributed by atoms with van der Waals surface area (Å²) < 4.78 is 6.08. The number of carbonyl (C=O) groups is 3. The minimum Gasteiger partial charge on any atom is -0.480 e. The Morgan fingerprint density at radius 2 is 0.867 bits per heavy atom. The average Bonchev–Trinajstić information content (AvgIpc) is 3.23. The zero-order chi connectivity index (χ0) is 43.8. The van der Waals surface area contributed by atoms with Crippen LogP contribution >= 0.6 is 0 Å². The molecule has 4 N–H and O–H groups in total. The van der Waals surface area contributed by atoms with Gasteiger partial charge in [0.2, 0.25) is 5.91 Å². The first-order valence-electron chi connectivity index (χ1n) is 26.2. The molecule has 0 rings (SSSR count). The molecule has 7 heteroatoms. The highest BCUT2D eigenvalue weighted by Gasteiger charge is 2.19. The number of unbranched alkanes of at least 4 members (excludes halogenated alkanes) is 30. The Morgan fingerprint density at radius 1 is 0.483 bits per heavy atom. The van der Waals surface area contributed by atoms with Gasteiger partial charge in [-0.25, -0.2) is 4.79 Å². The number of carboxylic acids is 1. The molecule has 0 aliphatic rings. The molecular formula is C53H100N2O5. The highest BCUT2D eigenvalue weighted by Crippen LogP contribution is 2.19. The average molecular weight is 845 g/mol. The van der Waals surface area contributed by atoms with Gasteiger partial charge in [-0.15, -0.1) is 0 Å². The van der Waals surface area contributed by atoms with Crippen molar-refractivity contribution >= 4 is 17.8 Å². The van der Waals surface area contributed by atoms with Crippen molar-refractivity contribution in [3.63, 3.8) is 0 Å². The van der Waals surface area contributed by atoms with E-state index >= 15 is 0 Å². The largest absolute Gasteiger partial charge is 0.480 e. The third-order valence-electron chi connectivity index (χ3n) is 12.0. The van der Waals surface area contributed by atoms with Gasteiger partial charge in [0.05, 0.1) is 0 Å². The molecule has 0 fully saturated rings. The van der Waals surface area contributed by atoms with Crippen molar-refractivity contribution in [2.24, 2.45) is 5.73 Å². The number of rotatable bonds is 48. The topological polar surface area (TPSA) is 119 Å². The van der Waals surface area contributed by atoms with Crippen LogP contribution in [-0.4, -0.2) is 41.6 Å². The van der Waals surface area contributed by atoms with Gasteiger partial charge in [-0.2, -0.15) is 0 Å². The summed E-state index contributed by atoms with van der Waals surface area (Å²) in [5.74, 6) is -1.23. The summed E-state index contributed by atoms with van der Waals surface area (Å²) in [6.45, 7) is 4.96. The Bertz CT molecular complexity index is 998. The molecule has 0 saturated carbocycles. The monoisotopic (exact) mass is 845 g/mol. The van der Waals surface area contributed by atoms with Crippen molar-refractivity contribution in [3.05, 3.63) is 24.3 Å². The van der Waals surface area contributed by atoms with Crippen LogP contribution in [0, 0.1) is 0 Å². The molecule has 0 aromatic heterocycles. The summed E-state index contributed by atoms with van der Waals surface area (Å²) in [5, 5.41) is 12.0. The molecule has 0 heterocycles. The minimum absolute atomic E-state index is 0.00674. The summed E-state index contributed by atoms with van der Waals surface area (Å²) >= 11 is 0. The van der Waals surface area contributed by atoms with E-state index in [2.05, 4.69) is 43.5 Å². The van der Waals surface area contributed by atoms with Crippen LogP contribution in [0.1, 0.15) is 277 Å². The van der Waals surface area contributed by atoms with Crippen molar-refractivity contribution in [2.75, 3.05) is 6.54 Å². The first-order chi connectivity index (χ1) is 29.4. The van der Waals surface area contributed by atoms with E-state index in [0.29, 0.717) is 32.2 Å². The number of amides is 1. The van der Waals surface area contributed by atoms with E-state index in [9.17, 15) is 19.5 Å². The summed E-state index contributed by atoms with van der Waals surface area (Å²) in [6, 6.07) is -0.859. The number of nitrogens with one attached hydrogen (secondary N) is 1. The normalized spacial score (nSPS) is 12.7. The third-order valence-corrected chi connectivity index (χ3v) is 12.0. The molecule has 0 aliphatic carbocycles. The fraction of sp³-hybridized carbons (Fsp3) is 0.868. The molecule has 0 aromatic carbocycles. The van der Waals surface area contributed by atoms with E-state index in [1.54, 1.807) is 0 Å². The Morgan fingerprint density at radius 3 is 1.30 bits per heavy atom. The van der Waals surface area contributed by atoms with Crippen molar-refractivity contribution in [1.82, 2.24) is 5.32 Å². The number of ether oxygens (including phenoxy) is 1. The molecule has 0 radical (unpaired) electrons. The molecule has 1 amide bonds. The van der Waals surface area contributed by atoms with Gasteiger partial charge in [0.15, 0.2) is 0 Å². The van der Waals surface area contributed by atoms with Gasteiger partial charge in [0.25, 0.3) is 0 Å². The summed E-state index contributed by atoms with van der Waals surface area (Å²) in [7, 11) is 0. The van der Waals surface area contributed by atoms with E-state index < -0.39 is 12.0 Å². The van der Waals surface area contributed by atoms with E-state index in [1.807, 2.05) is 0 Å². The van der Waals surface area contributed by atoms with Crippen LogP contribution in [0.4, 0.5) is 0 Å². The van der Waals surface area contributed by atoms with Crippen molar-refractivity contribution in [3.8, 4) is 0 Å². The molecule has 0 aliphatic heterocycles. The number of allylic oxidation sites excluding steroid dienone is 4. The number of esters is 1. The van der Waals surface area contributed by atoms with Crippen LogP contribution in [0.15, 0.2) is 24.3 Å². The Labute approximate surface area is 372 Å². The van der Waals surface area contributed by atoms with E-state index in [1.165, 1.54) is 154 Å². The number of hydrogen-bond acceptors (Lipinski definition) is 5. The van der Waals surface area contributed by atoms with Gasteiger partial charge in [0, 0.05) is 12.8 Å². The molecule has 0 spiro atoms. The predicted molar refractivity (Wildman–Crippen MR) is 257 cm³/mol. The fourth-order valence-electron chi connectivity index (χ4n) is 8.07. The lowest BCUT2D eigenvalue weighted by atomic mass is 10.0. The molecular weight excluding hydrogens is 745 g/mol. The fourth-order valence-corrected chi connectivity index (χ4v) is 8.07. The lowest BCUT2D eigenvalue weighted by molar-refractivity contribution is -0.150. The Kier molecular flexibility index (Phi) is 46.2. The van der Waals surface area contributed by atoms with Crippen molar-refractivity contribution < 1.29 is 24.2 Å². The van der Waals surface area contributed by atoms with Crippen LogP contribution in [0.5, 0.6) is 0 Å². The Balaban J connectivity index is 4.28. The van der Waals surface area contributed by atoms with Crippen LogP contribution in [0.25, 0.3) is 0 Å². The number of hydrogen-bond donors (Lipinski definition) is 3. The third kappa shape index (κ3) is 43.9. The molecule has 352 valence electrons. The molecule has 0 bridgehead atoms. The zero-order valence-electron chi connectivity index (χ0n) is 39.8. The second kappa shape index (κ2) is 47.9. The first-order valence-corrected chi connectivity index (χ1v) is 26.2. The highest BCUT2D eigenvalue weighted by atomic mass is 16.5. The second-order valence-corrected chi connectivity index (χ2v) is 17.9. The minimum atomic E-state index is -1.00. The van der Waals surface area contributed by atoms with Gasteiger partial charge in [-0.3, -0.25) is 9.59 Å². The van der Waals surface area contributed by atoms with Crippen molar-refractivity contribution in [1.29, 1.82) is 0 Å². The maximum atomic E-state index is 12.9. The van der Waals surface area contributed by atoms with E-state index in [4.69, 9.17) is 10.5 Å². The van der Waals surface area contributed by atoms with E-state index in [0.717, 1.165) is 83.5 Å². The number of nitrogens with two attached hydrogens (primary N) is 1. The van der Waals surface area contributed by atoms with Crippen LogP contribution in [0.3, 0.4) is 0 Å². The summed E-state index contributed by atoms with van der Waals surface area (Å²) in [5.41, 5.74) is 5.50. The van der Waals surface area contributed by atoms with Gasteiger partial charge in [-0.05, 0) is 90.0 Å². The van der Waals surface area contributed by atoms with Gasteiger partial charge < -0.3 is 20.9 Å². The maximum absolute atomic E-state index is 12.9. The standard InChI is InChI=1S/C53H100N2O5/c1-3-5-7-9-11-13-15-17-19-20-21-22-24-26-28-30-32-37-41-47-52(57)60-49(43-38-34-31-29-27-25-23-18-16-14-12-10-8-6-4-2)44-39-35-33-36-40-46-51(56)55-50(53(58)59)45-42-48-54/h16,18,25,27,49-50H,3-15,17,19-24,26,28-48,54H2,1-2H3,(H,55,56)(H,58,59)/b18-16-,27-25-. The maximum Gasteiger partial charge on any atom is 0.326 e. The molecule has 2 atom stereocenters. The predicted octanol–water partition coefficient (Wildman–Crippen LogP) is 15.6. The second-order valence-electron chi connectivity index (χ2n) is 17.9. The zero-order valence-corrected chi connectivity index (χ0v) is 39.8. The SMILES string of the molecule is CCCCCCC/C=C\C/C=C\CCCCCC(CCCCCCCC(=O)NC(CCCN)C(=O)O)OC(=O)CCCCCCCCCCCCCCCCCCCCC. The van der Waals surface area contributed by atoms with Crippen LogP contribution in [0.2, 0.25) is 0 Å². The lowest BCUT2D eigenvalue weighted by Gasteiger charge is -2.18. The van der Waals surface area contributed by atoms with E-state index in [-0.39, 0.29) is 18.0 Å². The Hall–Kier alpha value is -2.15. The van der Waals surface area contributed by atoms with Crippen molar-refractivity contribution in [2.45, 2.75) is 289 Å². The quantitative estimate of drug-likeness (QED) is 0.0319. The highest BCUT2D eigenvalue weighted by molar-refractivity contribution is 5.83. The molecule has 2 unspecified atom stereocenters. The first kappa shape index (κ1) is 57.9. The van der Waals surface area contributed by atoms with Crippen LogP contribution in [-0.2, 0) is 19.1 Å². The molecule has 0 saturated heterocycles. The number of carboxylic acid groups (broad SMARTS) is 1. The summed E-state index contributed by atoms with van der Waals surface area (Å²) in [4.78, 5) is 36.6. The molecule has 0 aromatic rings. The number of carbonyl (C=O) groups excluding carboxylic acids is 2. The van der Waals surface area contributed by atoms with Gasteiger partial charge in [0.1, 0.15) is 12.1 Å². The van der Waals surface area contributed by atoms with Gasteiger partial charge in [-0.1, -0.05) is 205 Å². The lowest BCUT2D eigenvalue weighted by Crippen LogP contribution is -2.40. The smallest absolute Gasteiger partial charge is 0.326 e.